The van der Waals surface area contributed by atoms with Crippen LogP contribution in [-0.2, 0) is 6.61 Å². The number of hydrogen-bond donors (Lipinski definition) is 3. The SMILES string of the molecule is Cc1ccc(OCc2ccc(C(O)N3CCCCC3)cc2OC(F)(F)F)c(-c2csc(N3CC4CCC(C3)C4C(O)O)n2)c1. The van der Waals surface area contributed by atoms with E-state index < -0.39 is 24.6 Å². The van der Waals surface area contributed by atoms with Crippen LogP contribution in [0.3, 0.4) is 0 Å². The Labute approximate surface area is 258 Å². The van der Waals surface area contributed by atoms with Crippen molar-refractivity contribution in [3.63, 3.8) is 0 Å². The highest BCUT2D eigenvalue weighted by Gasteiger charge is 2.45. The lowest BCUT2D eigenvalue weighted by atomic mass is 9.85. The first-order chi connectivity index (χ1) is 21.1. The van der Waals surface area contributed by atoms with Crippen molar-refractivity contribution in [2.45, 2.75) is 64.5 Å². The van der Waals surface area contributed by atoms with E-state index in [1.54, 1.807) is 12.1 Å². The van der Waals surface area contributed by atoms with Gasteiger partial charge in [0.15, 0.2) is 11.4 Å². The highest BCUT2D eigenvalue weighted by Crippen LogP contribution is 2.45. The lowest BCUT2D eigenvalue weighted by molar-refractivity contribution is -0.275. The summed E-state index contributed by atoms with van der Waals surface area (Å²) in [6, 6.07) is 9.99. The third kappa shape index (κ3) is 6.84. The largest absolute Gasteiger partial charge is 0.573 e. The molecule has 12 heteroatoms. The van der Waals surface area contributed by atoms with Gasteiger partial charge >= 0.3 is 6.36 Å². The number of piperidine rings is 2. The molecular weight excluding hydrogens is 595 g/mol. The molecule has 2 bridgehead atoms. The molecule has 2 saturated heterocycles. The topological polar surface area (TPSA) is 98.5 Å². The number of halogens is 3. The average Bonchev–Trinajstić information content (AvgIpc) is 3.59. The monoisotopic (exact) mass is 633 g/mol. The number of ether oxygens (including phenoxy) is 2. The van der Waals surface area contributed by atoms with Crippen molar-refractivity contribution >= 4 is 16.5 Å². The Morgan fingerprint density at radius 2 is 1.70 bits per heavy atom. The Morgan fingerprint density at radius 3 is 2.39 bits per heavy atom. The molecule has 8 nitrogen and oxygen atoms in total. The van der Waals surface area contributed by atoms with Crippen LogP contribution in [0.5, 0.6) is 11.5 Å². The van der Waals surface area contributed by atoms with Crippen LogP contribution in [0.4, 0.5) is 18.3 Å². The molecule has 238 valence electrons. The zero-order chi connectivity index (χ0) is 31.0. The van der Waals surface area contributed by atoms with Crippen molar-refractivity contribution in [1.82, 2.24) is 9.88 Å². The van der Waals surface area contributed by atoms with Crippen molar-refractivity contribution in [2.75, 3.05) is 31.1 Å². The molecule has 3 atom stereocenters. The van der Waals surface area contributed by atoms with Gasteiger partial charge in [0.2, 0.25) is 0 Å². The molecule has 2 aliphatic heterocycles. The maximum atomic E-state index is 13.4. The fourth-order valence-electron chi connectivity index (χ4n) is 7.01. The quantitative estimate of drug-likeness (QED) is 0.253. The number of thiazole rings is 1. The molecule has 3 unspecified atom stereocenters. The summed E-state index contributed by atoms with van der Waals surface area (Å²) in [5, 5.41) is 33.3. The van der Waals surface area contributed by atoms with E-state index in [9.17, 15) is 28.5 Å². The molecule has 3 aliphatic rings. The fraction of sp³-hybridized carbons (Fsp3) is 0.531. The molecular formula is C32H38F3N3O5S. The predicted octanol–water partition coefficient (Wildman–Crippen LogP) is 5.85. The van der Waals surface area contributed by atoms with E-state index in [-0.39, 0.29) is 29.9 Å². The number of aliphatic hydroxyl groups excluding tert-OH is 2. The van der Waals surface area contributed by atoms with Gasteiger partial charge in [0.05, 0.1) is 5.69 Å². The number of likely N-dealkylation sites (tertiary alicyclic amines) is 1. The van der Waals surface area contributed by atoms with Gasteiger partial charge in [-0.1, -0.05) is 30.2 Å². The lowest BCUT2D eigenvalue weighted by Crippen LogP contribution is -2.46. The molecule has 0 radical (unpaired) electrons. The van der Waals surface area contributed by atoms with Crippen molar-refractivity contribution in [2.24, 2.45) is 17.8 Å². The molecule has 1 saturated carbocycles. The zero-order valence-electron chi connectivity index (χ0n) is 24.5. The lowest BCUT2D eigenvalue weighted by Gasteiger charge is -2.38. The summed E-state index contributed by atoms with van der Waals surface area (Å²) in [6.07, 6.45) is -2.35. The predicted molar refractivity (Wildman–Crippen MR) is 160 cm³/mol. The number of benzene rings is 2. The molecule has 2 aromatic carbocycles. The van der Waals surface area contributed by atoms with E-state index in [4.69, 9.17) is 9.72 Å². The van der Waals surface area contributed by atoms with E-state index in [1.807, 2.05) is 29.3 Å². The molecule has 3 aromatic rings. The van der Waals surface area contributed by atoms with Crippen LogP contribution in [0, 0.1) is 24.7 Å². The molecule has 1 aliphatic carbocycles. The van der Waals surface area contributed by atoms with Gasteiger partial charge in [0.1, 0.15) is 24.3 Å². The van der Waals surface area contributed by atoms with Gasteiger partial charge in [-0.05, 0) is 68.2 Å². The number of alkyl halides is 3. The zero-order valence-corrected chi connectivity index (χ0v) is 25.4. The summed E-state index contributed by atoms with van der Waals surface area (Å²) >= 11 is 1.51. The van der Waals surface area contributed by atoms with Crippen molar-refractivity contribution in [1.29, 1.82) is 0 Å². The molecule has 44 heavy (non-hydrogen) atoms. The van der Waals surface area contributed by atoms with Crippen molar-refractivity contribution in [3.8, 4) is 22.8 Å². The Morgan fingerprint density at radius 1 is 0.977 bits per heavy atom. The number of fused-ring (bicyclic) bond motifs is 2. The summed E-state index contributed by atoms with van der Waals surface area (Å²) in [7, 11) is 0. The molecule has 0 amide bonds. The Bertz CT molecular complexity index is 1430. The van der Waals surface area contributed by atoms with E-state index in [0.717, 1.165) is 48.4 Å². The van der Waals surface area contributed by atoms with Gasteiger partial charge in [-0.3, -0.25) is 4.90 Å². The van der Waals surface area contributed by atoms with Crippen LogP contribution in [0.15, 0.2) is 41.8 Å². The maximum Gasteiger partial charge on any atom is 0.573 e. The number of nitrogens with zero attached hydrogens (tertiary/aromatic N) is 3. The Hall–Kier alpha value is -2.90. The summed E-state index contributed by atoms with van der Waals surface area (Å²) in [4.78, 5) is 8.97. The maximum absolute atomic E-state index is 13.4. The van der Waals surface area contributed by atoms with E-state index in [2.05, 4.69) is 9.64 Å². The first kappa shape index (κ1) is 31.1. The van der Waals surface area contributed by atoms with Gasteiger partial charge in [-0.15, -0.1) is 24.5 Å². The van der Waals surface area contributed by atoms with Crippen LogP contribution >= 0.6 is 11.3 Å². The van der Waals surface area contributed by atoms with Gasteiger partial charge in [0, 0.05) is 48.6 Å². The fourth-order valence-corrected chi connectivity index (χ4v) is 7.86. The van der Waals surface area contributed by atoms with Crippen LogP contribution in [0.1, 0.15) is 55.0 Å². The smallest absolute Gasteiger partial charge is 0.488 e. The van der Waals surface area contributed by atoms with Crippen molar-refractivity contribution in [3.05, 3.63) is 58.5 Å². The van der Waals surface area contributed by atoms with Gasteiger partial charge in [-0.25, -0.2) is 4.98 Å². The standard InChI is InChI=1S/C32H38F3N3O5S/c1-19-5-10-26(24(13-19)25-18-44-31(36-25)38-15-21-7-8-22(16-38)28(21)30(40)41)42-17-23-9-6-20(14-27(23)43-32(33,34)35)29(39)37-11-3-2-4-12-37/h5-6,9-10,13-14,18,21-22,28-30,39-41H,2-4,7-8,11-12,15-17H2,1H3. The minimum absolute atomic E-state index is 0.101. The highest BCUT2D eigenvalue weighted by atomic mass is 32.1. The molecule has 3 N–H and O–H groups in total. The van der Waals surface area contributed by atoms with Crippen LogP contribution in [-0.4, -0.2) is 64.0 Å². The second kappa shape index (κ2) is 12.8. The normalized spacial score (nSPS) is 23.3. The second-order valence-electron chi connectivity index (χ2n) is 12.2. The van der Waals surface area contributed by atoms with Crippen molar-refractivity contribution < 1.29 is 38.0 Å². The van der Waals surface area contributed by atoms with Gasteiger partial charge in [-0.2, -0.15) is 0 Å². The number of aliphatic hydroxyl groups is 3. The van der Waals surface area contributed by atoms with Crippen LogP contribution in [0.2, 0.25) is 0 Å². The minimum Gasteiger partial charge on any atom is -0.488 e. The first-order valence-corrected chi connectivity index (χ1v) is 16.0. The number of hydrogen-bond acceptors (Lipinski definition) is 9. The summed E-state index contributed by atoms with van der Waals surface area (Å²) in [5.74, 6) is 0.390. The highest BCUT2D eigenvalue weighted by molar-refractivity contribution is 7.14. The van der Waals surface area contributed by atoms with Gasteiger partial charge < -0.3 is 29.7 Å². The number of aryl methyl sites for hydroxylation is 1. The average molecular weight is 634 g/mol. The van der Waals surface area contributed by atoms with Crippen LogP contribution in [0.25, 0.3) is 11.3 Å². The summed E-state index contributed by atoms with van der Waals surface area (Å²) < 4.78 is 50.7. The van der Waals surface area contributed by atoms with E-state index in [1.165, 1.54) is 23.5 Å². The van der Waals surface area contributed by atoms with E-state index in [0.29, 0.717) is 43.2 Å². The Balaban J connectivity index is 1.21. The number of anilines is 1. The molecule has 6 rings (SSSR count). The van der Waals surface area contributed by atoms with E-state index >= 15 is 0 Å². The molecule has 3 heterocycles. The van der Waals surface area contributed by atoms with Crippen LogP contribution < -0.4 is 14.4 Å². The number of aromatic nitrogens is 1. The second-order valence-corrected chi connectivity index (χ2v) is 13.0. The number of rotatable bonds is 9. The molecule has 1 aromatic heterocycles. The Kier molecular flexibility index (Phi) is 9.07. The molecule has 0 spiro atoms. The summed E-state index contributed by atoms with van der Waals surface area (Å²) in [5.41, 5.74) is 2.95. The van der Waals surface area contributed by atoms with Gasteiger partial charge in [0.25, 0.3) is 0 Å². The minimum atomic E-state index is -4.90. The first-order valence-electron chi connectivity index (χ1n) is 15.2. The summed E-state index contributed by atoms with van der Waals surface area (Å²) in [6.45, 7) is 4.56. The molecule has 3 fully saturated rings. The third-order valence-electron chi connectivity index (χ3n) is 9.16. The third-order valence-corrected chi connectivity index (χ3v) is 10.1.